The summed E-state index contributed by atoms with van der Waals surface area (Å²) in [5.74, 6) is 1.45. The maximum absolute atomic E-state index is 13.1. The molecule has 1 atom stereocenters. The summed E-state index contributed by atoms with van der Waals surface area (Å²) in [6.45, 7) is 3.40. The number of hydrogen-bond acceptors (Lipinski definition) is 5. The molecule has 0 aliphatic carbocycles. The van der Waals surface area contributed by atoms with Crippen molar-refractivity contribution in [1.29, 1.82) is 0 Å². The van der Waals surface area contributed by atoms with Gasteiger partial charge in [-0.15, -0.1) is 0 Å². The fraction of sp³-hybridized carbons (Fsp3) is 0.364. The van der Waals surface area contributed by atoms with Gasteiger partial charge in [0.2, 0.25) is 11.7 Å². The monoisotopic (exact) mass is 399 g/mol. The van der Waals surface area contributed by atoms with Crippen molar-refractivity contribution in [3.05, 3.63) is 66.1 Å². The first-order chi connectivity index (χ1) is 14.2. The molecule has 7 heteroatoms. The first-order valence-corrected chi connectivity index (χ1v) is 9.87. The van der Waals surface area contributed by atoms with Crippen LogP contribution in [0.2, 0.25) is 0 Å². The molecule has 152 valence electrons. The molecule has 1 aliphatic heterocycles. The van der Waals surface area contributed by atoms with Crippen LogP contribution in [0.3, 0.4) is 0 Å². The zero-order chi connectivity index (χ0) is 20.1. The van der Waals surface area contributed by atoms with Crippen LogP contribution in [0.5, 0.6) is 5.75 Å². The van der Waals surface area contributed by atoms with Gasteiger partial charge in [-0.05, 0) is 74.3 Å². The highest BCUT2D eigenvalue weighted by molar-refractivity contribution is 5.53. The number of benzene rings is 2. The molecular formula is C22H23F2N3O2. The molecule has 0 N–H and O–H groups in total. The predicted octanol–water partition coefficient (Wildman–Crippen LogP) is 4.66. The Bertz CT molecular complexity index is 913. The number of hydrogen-bond donors (Lipinski definition) is 0. The summed E-state index contributed by atoms with van der Waals surface area (Å²) in [4.78, 5) is 6.91. The van der Waals surface area contributed by atoms with Crippen molar-refractivity contribution in [2.24, 2.45) is 0 Å². The van der Waals surface area contributed by atoms with Crippen LogP contribution in [0.1, 0.15) is 31.1 Å². The Balaban J connectivity index is 1.27. The van der Waals surface area contributed by atoms with E-state index in [1.54, 1.807) is 24.3 Å². The average molecular weight is 399 g/mol. The Morgan fingerprint density at radius 3 is 2.52 bits per heavy atom. The second kappa shape index (κ2) is 9.13. The molecule has 0 radical (unpaired) electrons. The predicted molar refractivity (Wildman–Crippen MR) is 105 cm³/mol. The van der Waals surface area contributed by atoms with Crippen LogP contribution < -0.4 is 4.74 Å². The van der Waals surface area contributed by atoms with Crippen LogP contribution in [-0.2, 0) is 0 Å². The van der Waals surface area contributed by atoms with Gasteiger partial charge in [-0.25, -0.2) is 8.78 Å². The Morgan fingerprint density at radius 2 is 1.76 bits per heavy atom. The molecule has 0 spiro atoms. The van der Waals surface area contributed by atoms with E-state index in [1.807, 2.05) is 0 Å². The van der Waals surface area contributed by atoms with Crippen LogP contribution in [0.15, 0.2) is 53.1 Å². The topological polar surface area (TPSA) is 51.4 Å². The van der Waals surface area contributed by atoms with Crippen molar-refractivity contribution in [2.75, 3.05) is 26.2 Å². The highest BCUT2D eigenvalue weighted by atomic mass is 19.1. The van der Waals surface area contributed by atoms with Gasteiger partial charge in [-0.2, -0.15) is 4.98 Å². The molecule has 2 heterocycles. The second-order valence-corrected chi connectivity index (χ2v) is 7.26. The summed E-state index contributed by atoms with van der Waals surface area (Å²) in [7, 11) is 0. The number of rotatable bonds is 7. The molecule has 2 aromatic carbocycles. The van der Waals surface area contributed by atoms with Gasteiger partial charge in [-0.1, -0.05) is 5.16 Å². The van der Waals surface area contributed by atoms with Crippen molar-refractivity contribution in [2.45, 2.75) is 25.2 Å². The minimum atomic E-state index is -0.288. The molecule has 1 aliphatic rings. The van der Waals surface area contributed by atoms with Crippen molar-refractivity contribution in [1.82, 2.24) is 15.0 Å². The van der Waals surface area contributed by atoms with Crippen LogP contribution in [0.4, 0.5) is 8.78 Å². The Morgan fingerprint density at radius 1 is 1.03 bits per heavy atom. The lowest BCUT2D eigenvalue weighted by Gasteiger charge is -2.30. The third kappa shape index (κ3) is 5.17. The number of piperidine rings is 1. The Hall–Kier alpha value is -2.80. The van der Waals surface area contributed by atoms with E-state index < -0.39 is 0 Å². The molecule has 4 rings (SSSR count). The molecule has 0 bridgehead atoms. The maximum Gasteiger partial charge on any atom is 0.231 e. The molecule has 1 fully saturated rings. The van der Waals surface area contributed by atoms with Gasteiger partial charge in [0.15, 0.2) is 0 Å². The largest absolute Gasteiger partial charge is 0.494 e. The highest BCUT2D eigenvalue weighted by Crippen LogP contribution is 2.27. The molecule has 1 aromatic heterocycles. The summed E-state index contributed by atoms with van der Waals surface area (Å²) < 4.78 is 37.2. The standard InChI is InChI=1S/C22H23F2N3O2/c23-18-6-4-16(5-7-18)21-25-22(29-26-21)17-3-1-12-27(15-17)13-2-14-28-20-10-8-19(24)9-11-20/h4-11,17H,1-3,12-15H2. The van der Waals surface area contributed by atoms with Crippen LogP contribution in [0.25, 0.3) is 11.4 Å². The average Bonchev–Trinajstić information content (AvgIpc) is 3.24. The molecule has 29 heavy (non-hydrogen) atoms. The second-order valence-electron chi connectivity index (χ2n) is 7.26. The smallest absolute Gasteiger partial charge is 0.231 e. The van der Waals surface area contributed by atoms with E-state index in [9.17, 15) is 8.78 Å². The number of ether oxygens (including phenoxy) is 1. The van der Waals surface area contributed by atoms with Gasteiger partial charge >= 0.3 is 0 Å². The molecule has 1 saturated heterocycles. The molecule has 0 amide bonds. The third-order valence-electron chi connectivity index (χ3n) is 5.10. The molecule has 1 unspecified atom stereocenters. The summed E-state index contributed by atoms with van der Waals surface area (Å²) >= 11 is 0. The van der Waals surface area contributed by atoms with Crippen molar-refractivity contribution >= 4 is 0 Å². The van der Waals surface area contributed by atoms with E-state index in [2.05, 4.69) is 15.0 Å². The third-order valence-corrected chi connectivity index (χ3v) is 5.10. The maximum atomic E-state index is 13.1. The van der Waals surface area contributed by atoms with E-state index in [0.29, 0.717) is 24.1 Å². The van der Waals surface area contributed by atoms with Crippen molar-refractivity contribution in [3.8, 4) is 17.1 Å². The van der Waals surface area contributed by atoms with E-state index in [1.165, 1.54) is 24.3 Å². The molecule has 0 saturated carbocycles. The lowest BCUT2D eigenvalue weighted by molar-refractivity contribution is 0.173. The SMILES string of the molecule is Fc1ccc(OCCCN2CCCC(c3nc(-c4ccc(F)cc4)no3)C2)cc1. The zero-order valence-electron chi connectivity index (χ0n) is 16.1. The summed E-state index contributed by atoms with van der Waals surface area (Å²) in [5.41, 5.74) is 0.743. The molecule has 5 nitrogen and oxygen atoms in total. The van der Waals surface area contributed by atoms with E-state index in [-0.39, 0.29) is 17.6 Å². The Labute approximate surface area is 168 Å². The fourth-order valence-corrected chi connectivity index (χ4v) is 3.59. The lowest BCUT2D eigenvalue weighted by Crippen LogP contribution is -2.35. The van der Waals surface area contributed by atoms with E-state index >= 15 is 0 Å². The minimum absolute atomic E-state index is 0.198. The quantitative estimate of drug-likeness (QED) is 0.541. The number of aromatic nitrogens is 2. The number of halogens is 2. The number of likely N-dealkylation sites (tertiary alicyclic amines) is 1. The van der Waals surface area contributed by atoms with Crippen molar-refractivity contribution in [3.63, 3.8) is 0 Å². The van der Waals surface area contributed by atoms with Gasteiger partial charge in [0.25, 0.3) is 0 Å². The Kier molecular flexibility index (Phi) is 6.14. The van der Waals surface area contributed by atoms with Crippen LogP contribution in [0, 0.1) is 11.6 Å². The van der Waals surface area contributed by atoms with Crippen LogP contribution in [-0.4, -0.2) is 41.3 Å². The van der Waals surface area contributed by atoms with Gasteiger partial charge < -0.3 is 14.2 Å². The lowest BCUT2D eigenvalue weighted by atomic mass is 9.98. The van der Waals surface area contributed by atoms with Crippen molar-refractivity contribution < 1.29 is 18.0 Å². The summed E-state index contributed by atoms with van der Waals surface area (Å²) in [5, 5.41) is 4.06. The first kappa shape index (κ1) is 19.5. The zero-order valence-corrected chi connectivity index (χ0v) is 16.1. The van der Waals surface area contributed by atoms with Gasteiger partial charge in [-0.3, -0.25) is 0 Å². The minimum Gasteiger partial charge on any atom is -0.494 e. The summed E-state index contributed by atoms with van der Waals surface area (Å²) in [6.07, 6.45) is 2.96. The highest BCUT2D eigenvalue weighted by Gasteiger charge is 2.26. The number of nitrogens with zero attached hydrogens (tertiary/aromatic N) is 3. The fourth-order valence-electron chi connectivity index (χ4n) is 3.59. The molecule has 3 aromatic rings. The molecular weight excluding hydrogens is 376 g/mol. The first-order valence-electron chi connectivity index (χ1n) is 9.87. The van der Waals surface area contributed by atoms with Crippen LogP contribution >= 0.6 is 0 Å². The van der Waals surface area contributed by atoms with Gasteiger partial charge in [0.05, 0.1) is 12.5 Å². The summed E-state index contributed by atoms with van der Waals surface area (Å²) in [6, 6.07) is 12.2. The van der Waals surface area contributed by atoms with Gasteiger partial charge in [0.1, 0.15) is 17.4 Å². The normalized spacial score (nSPS) is 17.4. The van der Waals surface area contributed by atoms with E-state index in [0.717, 1.165) is 44.5 Å². The van der Waals surface area contributed by atoms with E-state index in [4.69, 9.17) is 9.26 Å². The van der Waals surface area contributed by atoms with Gasteiger partial charge in [0, 0.05) is 18.7 Å².